The van der Waals surface area contributed by atoms with Crippen LogP contribution in [0.15, 0.2) is 77.8 Å². The first-order valence-electron chi connectivity index (χ1n) is 13.9. The first-order chi connectivity index (χ1) is 20.2. The number of aromatic nitrogens is 2. The highest BCUT2D eigenvalue weighted by atomic mass is 16.5. The Morgan fingerprint density at radius 2 is 1.62 bits per heavy atom. The monoisotopic (exact) mass is 570 g/mol. The van der Waals surface area contributed by atoms with E-state index in [4.69, 9.17) is 26.9 Å². The number of fused-ring (bicyclic) bond motifs is 1. The number of piperazine rings is 1. The van der Waals surface area contributed by atoms with Crippen molar-refractivity contribution in [3.8, 4) is 22.9 Å². The lowest BCUT2D eigenvalue weighted by molar-refractivity contribution is -0.118. The molecule has 2 amide bonds. The van der Waals surface area contributed by atoms with E-state index in [0.29, 0.717) is 35.7 Å². The lowest BCUT2D eigenvalue weighted by Gasteiger charge is -2.32. The summed E-state index contributed by atoms with van der Waals surface area (Å²) in [5.41, 5.74) is 18.3. The zero-order chi connectivity index (χ0) is 30.1. The van der Waals surface area contributed by atoms with Gasteiger partial charge < -0.3 is 36.3 Å². The second-order valence-electron chi connectivity index (χ2n) is 10.0. The first-order valence-corrected chi connectivity index (χ1v) is 13.9. The number of primary amides is 1. The Labute approximate surface area is 245 Å². The van der Waals surface area contributed by atoms with Crippen LogP contribution in [0.2, 0.25) is 0 Å². The molecule has 0 spiro atoms. The quantitative estimate of drug-likeness (QED) is 0.217. The van der Waals surface area contributed by atoms with E-state index in [1.807, 2.05) is 72.5 Å². The Morgan fingerprint density at radius 3 is 2.26 bits per heavy atom. The molecule has 3 aromatic carbocycles. The molecule has 5 rings (SSSR count). The van der Waals surface area contributed by atoms with Crippen molar-refractivity contribution in [2.45, 2.75) is 19.9 Å². The van der Waals surface area contributed by atoms with Crippen molar-refractivity contribution in [3.05, 3.63) is 78.4 Å². The Bertz CT molecular complexity index is 1540. The van der Waals surface area contributed by atoms with Crippen molar-refractivity contribution in [2.24, 2.45) is 22.2 Å². The van der Waals surface area contributed by atoms with Crippen LogP contribution in [0.25, 0.3) is 22.4 Å². The van der Waals surface area contributed by atoms with E-state index < -0.39 is 5.91 Å². The molecule has 2 heterocycles. The third-order valence-corrected chi connectivity index (χ3v) is 6.69. The van der Waals surface area contributed by atoms with Crippen LogP contribution in [0.1, 0.15) is 23.7 Å². The van der Waals surface area contributed by atoms with Crippen molar-refractivity contribution >= 4 is 28.8 Å². The number of carbonyl (C=O) groups is 2. The van der Waals surface area contributed by atoms with E-state index in [1.165, 1.54) is 0 Å². The average molecular weight is 571 g/mol. The van der Waals surface area contributed by atoms with Crippen molar-refractivity contribution < 1.29 is 14.3 Å². The summed E-state index contributed by atoms with van der Waals surface area (Å²) in [7, 11) is 2.06. The van der Waals surface area contributed by atoms with Gasteiger partial charge in [0.05, 0.1) is 11.0 Å². The number of rotatable bonds is 8. The third-order valence-electron chi connectivity index (χ3n) is 6.69. The second kappa shape index (κ2) is 14.1. The molecular weight excluding hydrogens is 532 g/mol. The molecule has 1 fully saturated rings. The molecule has 6 N–H and O–H groups in total. The highest BCUT2D eigenvalue weighted by Crippen LogP contribution is 2.30. The number of nitrogens with two attached hydrogens (primary N) is 3. The summed E-state index contributed by atoms with van der Waals surface area (Å²) in [6.45, 7) is 5.83. The number of amides is 2. The van der Waals surface area contributed by atoms with Crippen LogP contribution in [0, 0.1) is 0 Å². The minimum Gasteiger partial charge on any atom is -0.457 e. The van der Waals surface area contributed by atoms with Crippen LogP contribution < -0.4 is 21.9 Å². The van der Waals surface area contributed by atoms with E-state index in [1.54, 1.807) is 16.7 Å². The molecule has 0 saturated carbocycles. The Morgan fingerprint density at radius 1 is 0.905 bits per heavy atom. The normalized spacial score (nSPS) is 13.2. The van der Waals surface area contributed by atoms with Crippen molar-refractivity contribution in [2.75, 3.05) is 39.8 Å². The van der Waals surface area contributed by atoms with E-state index in [2.05, 4.69) is 16.9 Å². The second-order valence-corrected chi connectivity index (χ2v) is 10.0. The molecule has 0 radical (unpaired) electrons. The van der Waals surface area contributed by atoms with Crippen LogP contribution in [-0.2, 0) is 11.3 Å². The van der Waals surface area contributed by atoms with E-state index in [-0.39, 0.29) is 18.4 Å². The summed E-state index contributed by atoms with van der Waals surface area (Å²) >= 11 is 0. The number of likely N-dealkylation sites (N-methyl/N-ethyl adjacent to an activating group) is 1. The smallest absolute Gasteiger partial charge is 0.254 e. The van der Waals surface area contributed by atoms with E-state index in [0.717, 1.165) is 42.9 Å². The van der Waals surface area contributed by atoms with Crippen molar-refractivity contribution in [3.63, 3.8) is 0 Å². The number of imidazole rings is 1. The fourth-order valence-corrected chi connectivity index (χ4v) is 4.56. The number of carbonyl (C=O) groups excluding carboxylic acids is 2. The van der Waals surface area contributed by atoms with Gasteiger partial charge in [0, 0.05) is 43.9 Å². The van der Waals surface area contributed by atoms with Crippen LogP contribution in [0.3, 0.4) is 0 Å². The van der Waals surface area contributed by atoms with Gasteiger partial charge in [-0.25, -0.2) is 4.98 Å². The maximum absolute atomic E-state index is 13.1. The number of hydrogen-bond donors (Lipinski definition) is 3. The fourth-order valence-electron chi connectivity index (χ4n) is 4.56. The van der Waals surface area contributed by atoms with E-state index >= 15 is 0 Å². The number of nitrogens with zero attached hydrogens (tertiary/aromatic N) is 5. The highest BCUT2D eigenvalue weighted by Gasteiger charge is 2.22. The van der Waals surface area contributed by atoms with Gasteiger partial charge in [0.1, 0.15) is 23.9 Å². The Balaban J connectivity index is 0.000000517. The zero-order valence-corrected chi connectivity index (χ0v) is 24.1. The van der Waals surface area contributed by atoms with Gasteiger partial charge in [0.25, 0.3) is 5.91 Å². The zero-order valence-electron chi connectivity index (χ0n) is 24.1. The van der Waals surface area contributed by atoms with Crippen LogP contribution in [0.4, 0.5) is 0 Å². The number of benzene rings is 3. The highest BCUT2D eigenvalue weighted by molar-refractivity contribution is 5.98. The molecule has 11 nitrogen and oxygen atoms in total. The Hall–Kier alpha value is -4.90. The van der Waals surface area contributed by atoms with Gasteiger partial charge in [-0.15, -0.1) is 0 Å². The Kier molecular flexibility index (Phi) is 10.1. The van der Waals surface area contributed by atoms with Gasteiger partial charge in [0.15, 0.2) is 5.96 Å². The van der Waals surface area contributed by atoms with Gasteiger partial charge in [-0.05, 0) is 55.9 Å². The molecule has 0 bridgehead atoms. The minimum absolute atomic E-state index is 0.00994. The predicted molar refractivity (Wildman–Crippen MR) is 165 cm³/mol. The maximum atomic E-state index is 13.1. The van der Waals surface area contributed by atoms with Crippen molar-refractivity contribution in [1.29, 1.82) is 0 Å². The van der Waals surface area contributed by atoms with Crippen LogP contribution in [0.5, 0.6) is 11.5 Å². The molecule has 1 saturated heterocycles. The molecule has 220 valence electrons. The molecule has 0 aliphatic carbocycles. The number of guanidine groups is 1. The summed E-state index contributed by atoms with van der Waals surface area (Å²) in [6.07, 6.45) is 0.998. The van der Waals surface area contributed by atoms with Crippen LogP contribution >= 0.6 is 0 Å². The fraction of sp³-hybridized carbons (Fsp3) is 0.290. The van der Waals surface area contributed by atoms with Gasteiger partial charge in [-0.1, -0.05) is 37.3 Å². The molecule has 42 heavy (non-hydrogen) atoms. The maximum Gasteiger partial charge on any atom is 0.254 e. The third kappa shape index (κ3) is 7.85. The van der Waals surface area contributed by atoms with Gasteiger partial charge in [0.2, 0.25) is 5.91 Å². The number of hydrogen-bond acceptors (Lipinski definition) is 6. The molecule has 1 aliphatic heterocycles. The molecule has 0 atom stereocenters. The molecule has 0 unspecified atom stereocenters. The minimum atomic E-state index is -0.472. The summed E-state index contributed by atoms with van der Waals surface area (Å²) in [5.74, 6) is 1.66. The summed E-state index contributed by atoms with van der Waals surface area (Å²) in [4.78, 5) is 37.6. The average Bonchev–Trinajstić information content (AvgIpc) is 3.34. The lowest BCUT2D eigenvalue weighted by atomic mass is 10.1. The first kappa shape index (κ1) is 30.1. The molecule has 1 aliphatic rings. The number of ether oxygens (including phenoxy) is 1. The topological polar surface area (TPSA) is 158 Å². The molecule has 4 aromatic rings. The SMILES string of the molecule is CCCN=C(N)N.CN1CCN(C(=O)c2ccc3c(c2)nc(-c2cccc(Oc4ccccc4)c2)n3CC(N)=O)CC1. The number of aliphatic imine (C=N–C) groups is 1. The van der Waals surface area contributed by atoms with E-state index in [9.17, 15) is 9.59 Å². The van der Waals surface area contributed by atoms with Gasteiger partial charge in [-0.2, -0.15) is 0 Å². The number of para-hydroxylation sites is 1. The molecule has 1 aromatic heterocycles. The van der Waals surface area contributed by atoms with Crippen molar-refractivity contribution in [1.82, 2.24) is 19.4 Å². The van der Waals surface area contributed by atoms with Gasteiger partial charge in [-0.3, -0.25) is 14.6 Å². The lowest BCUT2D eigenvalue weighted by Crippen LogP contribution is -2.47. The predicted octanol–water partition coefficient (Wildman–Crippen LogP) is 3.04. The van der Waals surface area contributed by atoms with Crippen LogP contribution in [-0.4, -0.2) is 76.9 Å². The van der Waals surface area contributed by atoms with Gasteiger partial charge >= 0.3 is 0 Å². The summed E-state index contributed by atoms with van der Waals surface area (Å²) < 4.78 is 7.76. The molecule has 11 heteroatoms. The standard InChI is InChI=1S/C27H27N5O3.C4H11N3/c1-30-12-14-31(15-13-30)27(34)20-10-11-24-23(17-20)29-26(32(24)18-25(28)33)19-6-5-9-22(16-19)35-21-7-3-2-4-8-21;1-2-3-7-4(5)6/h2-11,16-17H,12-15,18H2,1H3,(H2,28,33);2-3H2,1H3,(H4,5,6,7). The summed E-state index contributed by atoms with van der Waals surface area (Å²) in [6, 6.07) is 22.5. The summed E-state index contributed by atoms with van der Waals surface area (Å²) in [5, 5.41) is 0. The largest absolute Gasteiger partial charge is 0.457 e. The molecular formula is C31H38N8O3.